The summed E-state index contributed by atoms with van der Waals surface area (Å²) in [5.41, 5.74) is 4.26. The molecule has 3 heterocycles. The molecule has 24 heavy (non-hydrogen) atoms. The average Bonchev–Trinajstić information content (AvgIpc) is 2.61. The summed E-state index contributed by atoms with van der Waals surface area (Å²) in [6, 6.07) is 5.94. The van der Waals surface area contributed by atoms with Crippen LogP contribution in [0.3, 0.4) is 0 Å². The molecule has 1 unspecified atom stereocenters. The van der Waals surface area contributed by atoms with E-state index in [1.807, 2.05) is 24.4 Å². The van der Waals surface area contributed by atoms with Crippen LogP contribution in [0.2, 0.25) is 5.02 Å². The number of benzene rings is 1. The van der Waals surface area contributed by atoms with E-state index in [-0.39, 0.29) is 5.92 Å². The van der Waals surface area contributed by atoms with Crippen LogP contribution in [0.25, 0.3) is 10.9 Å². The molecular formula is C19H21ClN4. The predicted molar refractivity (Wildman–Crippen MR) is 102 cm³/mol. The maximum absolute atomic E-state index is 6.27. The van der Waals surface area contributed by atoms with Gasteiger partial charge in [-0.1, -0.05) is 25.1 Å². The first-order chi connectivity index (χ1) is 11.7. The van der Waals surface area contributed by atoms with Crippen molar-refractivity contribution in [2.24, 2.45) is 4.99 Å². The summed E-state index contributed by atoms with van der Waals surface area (Å²) >= 11 is 6.27. The van der Waals surface area contributed by atoms with E-state index >= 15 is 0 Å². The van der Waals surface area contributed by atoms with Crippen molar-refractivity contribution in [3.63, 3.8) is 0 Å². The zero-order valence-electron chi connectivity index (χ0n) is 13.8. The van der Waals surface area contributed by atoms with Crippen molar-refractivity contribution >= 4 is 40.2 Å². The molecule has 5 heteroatoms. The van der Waals surface area contributed by atoms with Gasteiger partial charge in [-0.05, 0) is 35.8 Å². The van der Waals surface area contributed by atoms with E-state index in [1.165, 1.54) is 5.56 Å². The second-order valence-corrected chi connectivity index (χ2v) is 6.83. The number of hydrogen-bond donors (Lipinski definition) is 1. The zero-order valence-corrected chi connectivity index (χ0v) is 14.6. The molecule has 4 nitrogen and oxygen atoms in total. The highest BCUT2D eigenvalue weighted by atomic mass is 35.5. The van der Waals surface area contributed by atoms with Gasteiger partial charge >= 0.3 is 0 Å². The molecule has 4 rings (SSSR count). The van der Waals surface area contributed by atoms with Crippen LogP contribution >= 0.6 is 11.6 Å². The number of anilines is 1. The summed E-state index contributed by atoms with van der Waals surface area (Å²) in [4.78, 5) is 12.0. The molecule has 124 valence electrons. The SMILES string of the molecule is C=C1C=Nc2c(N3CCNCC3)nc3ccc(Cl)cc3c2C1CC. The highest BCUT2D eigenvalue weighted by molar-refractivity contribution is 6.31. The van der Waals surface area contributed by atoms with Gasteiger partial charge in [0.1, 0.15) is 5.69 Å². The lowest BCUT2D eigenvalue weighted by molar-refractivity contribution is 0.585. The van der Waals surface area contributed by atoms with Gasteiger partial charge in [0.2, 0.25) is 0 Å². The number of aromatic nitrogens is 1. The van der Waals surface area contributed by atoms with Crippen molar-refractivity contribution in [1.29, 1.82) is 0 Å². The lowest BCUT2D eigenvalue weighted by Crippen LogP contribution is -2.44. The molecule has 0 bridgehead atoms. The Morgan fingerprint density at radius 2 is 2.12 bits per heavy atom. The fraction of sp³-hybridized carbons (Fsp3) is 0.368. The lowest BCUT2D eigenvalue weighted by atomic mass is 9.85. The molecule has 0 saturated carbocycles. The summed E-state index contributed by atoms with van der Waals surface area (Å²) in [6.45, 7) is 10.3. The normalized spacial score (nSPS) is 20.5. The summed E-state index contributed by atoms with van der Waals surface area (Å²) in [6.07, 6.45) is 2.89. The Hall–Kier alpha value is -1.91. The number of allylic oxidation sites excluding steroid dienone is 1. The Balaban J connectivity index is 2.00. The predicted octanol–water partition coefficient (Wildman–Crippen LogP) is 4.06. The quantitative estimate of drug-likeness (QED) is 0.896. The van der Waals surface area contributed by atoms with E-state index in [0.717, 1.165) is 65.6 Å². The van der Waals surface area contributed by atoms with Gasteiger partial charge in [0, 0.05) is 48.7 Å². The molecule has 1 aromatic heterocycles. The molecule has 0 aliphatic carbocycles. The Kier molecular flexibility index (Phi) is 4.02. The Morgan fingerprint density at radius 1 is 1.33 bits per heavy atom. The van der Waals surface area contributed by atoms with Gasteiger partial charge in [0.15, 0.2) is 5.82 Å². The van der Waals surface area contributed by atoms with E-state index in [9.17, 15) is 0 Å². The van der Waals surface area contributed by atoms with E-state index in [0.29, 0.717) is 0 Å². The number of nitrogens with zero attached hydrogens (tertiary/aromatic N) is 3. The maximum Gasteiger partial charge on any atom is 0.155 e. The van der Waals surface area contributed by atoms with Crippen LogP contribution in [0.4, 0.5) is 11.5 Å². The number of hydrogen-bond acceptors (Lipinski definition) is 4. The molecule has 0 spiro atoms. The minimum atomic E-state index is 0.267. The number of nitrogens with one attached hydrogen (secondary N) is 1. The third kappa shape index (κ3) is 2.50. The number of aliphatic imine (C=N–C) groups is 1. The molecule has 1 fully saturated rings. The summed E-state index contributed by atoms with van der Waals surface area (Å²) in [7, 11) is 0. The second kappa shape index (κ2) is 6.19. The molecule has 0 amide bonds. The molecule has 2 aliphatic heterocycles. The topological polar surface area (TPSA) is 40.5 Å². The lowest BCUT2D eigenvalue weighted by Gasteiger charge is -2.32. The third-order valence-electron chi connectivity index (χ3n) is 4.92. The highest BCUT2D eigenvalue weighted by Crippen LogP contribution is 2.46. The van der Waals surface area contributed by atoms with E-state index in [1.54, 1.807) is 0 Å². The Bertz CT molecular complexity index is 837. The van der Waals surface area contributed by atoms with Crippen LogP contribution < -0.4 is 10.2 Å². The monoisotopic (exact) mass is 340 g/mol. The molecular weight excluding hydrogens is 320 g/mol. The van der Waals surface area contributed by atoms with Crippen LogP contribution in [0.1, 0.15) is 24.8 Å². The zero-order chi connectivity index (χ0) is 16.7. The van der Waals surface area contributed by atoms with Crippen molar-refractivity contribution in [3.8, 4) is 0 Å². The molecule has 1 N–H and O–H groups in total. The fourth-order valence-corrected chi connectivity index (χ4v) is 3.87. The standard InChI is InChI=1S/C19H21ClN4/c1-3-14-12(2)11-22-18-17(14)15-10-13(20)4-5-16(15)23-19(18)24-8-6-21-7-9-24/h4-5,10-11,14,21H,2-3,6-9H2,1H3. The first-order valence-corrected chi connectivity index (χ1v) is 8.88. The highest BCUT2D eigenvalue weighted by Gasteiger charge is 2.28. The van der Waals surface area contributed by atoms with Gasteiger partial charge in [0.25, 0.3) is 0 Å². The first kappa shape index (κ1) is 15.6. The first-order valence-electron chi connectivity index (χ1n) is 8.50. The number of rotatable bonds is 2. The van der Waals surface area contributed by atoms with Crippen molar-refractivity contribution in [2.75, 3.05) is 31.1 Å². The van der Waals surface area contributed by atoms with Gasteiger partial charge in [-0.2, -0.15) is 0 Å². The summed E-state index contributed by atoms with van der Waals surface area (Å²) in [5, 5.41) is 5.23. The van der Waals surface area contributed by atoms with Crippen LogP contribution in [0.15, 0.2) is 35.3 Å². The molecule has 2 aromatic rings. The van der Waals surface area contributed by atoms with Crippen LogP contribution in [-0.4, -0.2) is 37.4 Å². The van der Waals surface area contributed by atoms with Crippen molar-refractivity contribution in [2.45, 2.75) is 19.3 Å². The number of halogens is 1. The van der Waals surface area contributed by atoms with Crippen LogP contribution in [-0.2, 0) is 0 Å². The van der Waals surface area contributed by atoms with E-state index < -0.39 is 0 Å². The minimum Gasteiger partial charge on any atom is -0.352 e. The largest absolute Gasteiger partial charge is 0.352 e. The van der Waals surface area contributed by atoms with E-state index in [2.05, 4.69) is 23.7 Å². The fourth-order valence-electron chi connectivity index (χ4n) is 3.70. The van der Waals surface area contributed by atoms with Crippen LogP contribution in [0, 0.1) is 0 Å². The minimum absolute atomic E-state index is 0.267. The van der Waals surface area contributed by atoms with Crippen LogP contribution in [0.5, 0.6) is 0 Å². The average molecular weight is 341 g/mol. The smallest absolute Gasteiger partial charge is 0.155 e. The summed E-state index contributed by atoms with van der Waals surface area (Å²) < 4.78 is 0. The molecule has 1 saturated heterocycles. The number of piperazine rings is 1. The van der Waals surface area contributed by atoms with Gasteiger partial charge in [-0.15, -0.1) is 0 Å². The molecule has 2 aliphatic rings. The number of fused-ring (bicyclic) bond motifs is 3. The van der Waals surface area contributed by atoms with Crippen molar-refractivity contribution < 1.29 is 0 Å². The molecule has 1 aromatic carbocycles. The Labute approximate surface area is 147 Å². The maximum atomic E-state index is 6.27. The van der Waals surface area contributed by atoms with Gasteiger partial charge in [0.05, 0.1) is 5.52 Å². The van der Waals surface area contributed by atoms with Crippen molar-refractivity contribution in [1.82, 2.24) is 10.3 Å². The van der Waals surface area contributed by atoms with Gasteiger partial charge in [-0.25, -0.2) is 4.98 Å². The van der Waals surface area contributed by atoms with Gasteiger partial charge < -0.3 is 10.2 Å². The van der Waals surface area contributed by atoms with Gasteiger partial charge in [-0.3, -0.25) is 4.99 Å². The Morgan fingerprint density at radius 3 is 2.88 bits per heavy atom. The van der Waals surface area contributed by atoms with E-state index in [4.69, 9.17) is 21.6 Å². The number of pyridine rings is 1. The second-order valence-electron chi connectivity index (χ2n) is 6.39. The third-order valence-corrected chi connectivity index (χ3v) is 5.16. The molecule has 0 radical (unpaired) electrons. The summed E-state index contributed by atoms with van der Waals surface area (Å²) in [5.74, 6) is 1.26. The molecule has 1 atom stereocenters. The van der Waals surface area contributed by atoms with Crippen molar-refractivity contribution in [3.05, 3.63) is 40.9 Å².